The number of amides is 1. The lowest BCUT2D eigenvalue weighted by Gasteiger charge is -2.48. The van der Waals surface area contributed by atoms with E-state index < -0.39 is 0 Å². The lowest BCUT2D eigenvalue weighted by atomic mass is 9.64. The van der Waals surface area contributed by atoms with Gasteiger partial charge in [-0.1, -0.05) is 20.8 Å². The fourth-order valence-electron chi connectivity index (χ4n) is 5.13. The first-order chi connectivity index (χ1) is 9.83. The van der Waals surface area contributed by atoms with Crippen LogP contribution in [0.1, 0.15) is 59.8 Å². The summed E-state index contributed by atoms with van der Waals surface area (Å²) in [6, 6.07) is 0. The molecule has 2 aliphatic carbocycles. The van der Waals surface area contributed by atoms with Crippen molar-refractivity contribution in [2.45, 2.75) is 65.3 Å². The van der Waals surface area contributed by atoms with Gasteiger partial charge in [-0.2, -0.15) is 0 Å². The van der Waals surface area contributed by atoms with Gasteiger partial charge in [-0.25, -0.2) is 0 Å². The Kier molecular flexibility index (Phi) is 3.84. The van der Waals surface area contributed by atoms with Gasteiger partial charge >= 0.3 is 0 Å². The molecule has 3 nitrogen and oxygen atoms in total. The van der Waals surface area contributed by atoms with E-state index in [4.69, 9.17) is 0 Å². The van der Waals surface area contributed by atoms with Crippen molar-refractivity contribution in [1.29, 1.82) is 0 Å². The minimum absolute atomic E-state index is 0.00389. The average molecular weight is 292 g/mol. The number of hydrogen-bond acceptors (Lipinski definition) is 2. The van der Waals surface area contributed by atoms with Crippen LogP contribution < -0.4 is 5.32 Å². The molecule has 0 spiro atoms. The Labute approximate surface area is 129 Å². The Hall–Kier alpha value is -0.570. The first kappa shape index (κ1) is 15.3. The van der Waals surface area contributed by atoms with Crippen molar-refractivity contribution in [3.05, 3.63) is 0 Å². The Balaban J connectivity index is 1.59. The number of nitrogens with zero attached hydrogens (tertiary/aromatic N) is 1. The van der Waals surface area contributed by atoms with Crippen LogP contribution in [0.2, 0.25) is 0 Å². The highest BCUT2D eigenvalue weighted by Crippen LogP contribution is 2.61. The van der Waals surface area contributed by atoms with Crippen LogP contribution in [-0.4, -0.2) is 36.0 Å². The van der Waals surface area contributed by atoms with Crippen LogP contribution in [0.4, 0.5) is 0 Å². The Morgan fingerprint density at radius 3 is 2.29 bits per heavy atom. The van der Waals surface area contributed by atoms with Gasteiger partial charge in [-0.15, -0.1) is 0 Å². The van der Waals surface area contributed by atoms with E-state index in [0.717, 1.165) is 24.9 Å². The summed E-state index contributed by atoms with van der Waals surface area (Å²) in [7, 11) is 0. The van der Waals surface area contributed by atoms with Crippen molar-refractivity contribution in [2.24, 2.45) is 23.2 Å². The Morgan fingerprint density at radius 2 is 1.71 bits per heavy atom. The van der Waals surface area contributed by atoms with E-state index in [2.05, 4.69) is 37.9 Å². The quantitative estimate of drug-likeness (QED) is 0.867. The molecule has 1 saturated heterocycles. The molecule has 1 amide bonds. The van der Waals surface area contributed by atoms with Crippen LogP contribution in [0.5, 0.6) is 0 Å². The summed E-state index contributed by atoms with van der Waals surface area (Å²) < 4.78 is 0. The van der Waals surface area contributed by atoms with Gasteiger partial charge in [0, 0.05) is 5.54 Å². The van der Waals surface area contributed by atoms with Crippen LogP contribution in [0.3, 0.4) is 0 Å². The molecule has 0 aromatic rings. The molecule has 2 bridgehead atoms. The number of carbonyl (C=O) groups excluding carboxylic acids is 1. The normalized spacial score (nSPS) is 39.6. The third-order valence-electron chi connectivity index (χ3n) is 7.25. The van der Waals surface area contributed by atoms with Gasteiger partial charge < -0.3 is 5.32 Å². The maximum atomic E-state index is 12.6. The third-order valence-corrected chi connectivity index (χ3v) is 7.25. The molecule has 1 N–H and O–H groups in total. The zero-order chi connectivity index (χ0) is 15.3. The van der Waals surface area contributed by atoms with E-state index in [1.54, 1.807) is 0 Å². The molecule has 3 fully saturated rings. The van der Waals surface area contributed by atoms with Crippen LogP contribution in [0.25, 0.3) is 0 Å². The zero-order valence-corrected chi connectivity index (χ0v) is 14.2. The molecule has 120 valence electrons. The second-order valence-corrected chi connectivity index (χ2v) is 8.64. The molecule has 1 aliphatic heterocycles. The smallest absolute Gasteiger partial charge is 0.234 e. The first-order valence-corrected chi connectivity index (χ1v) is 8.86. The lowest BCUT2D eigenvalue weighted by Crippen LogP contribution is -2.60. The summed E-state index contributed by atoms with van der Waals surface area (Å²) in [4.78, 5) is 14.9. The van der Waals surface area contributed by atoms with Gasteiger partial charge in [0.15, 0.2) is 0 Å². The molecule has 3 rings (SSSR count). The number of piperidine rings is 1. The van der Waals surface area contributed by atoms with Crippen molar-refractivity contribution >= 4 is 5.91 Å². The van der Waals surface area contributed by atoms with Gasteiger partial charge in [0.2, 0.25) is 5.91 Å². The van der Waals surface area contributed by atoms with Crippen molar-refractivity contribution in [1.82, 2.24) is 10.2 Å². The zero-order valence-electron chi connectivity index (χ0n) is 14.2. The van der Waals surface area contributed by atoms with E-state index in [1.165, 1.54) is 32.1 Å². The monoisotopic (exact) mass is 292 g/mol. The predicted molar refractivity (Wildman–Crippen MR) is 86.0 cm³/mol. The van der Waals surface area contributed by atoms with Crippen LogP contribution in [-0.2, 0) is 4.79 Å². The molecule has 0 aromatic carbocycles. The second-order valence-electron chi connectivity index (χ2n) is 8.64. The number of carbonyl (C=O) groups is 1. The molecular formula is C18H32N2O. The van der Waals surface area contributed by atoms with E-state index in [-0.39, 0.29) is 16.9 Å². The van der Waals surface area contributed by atoms with Crippen LogP contribution in [0.15, 0.2) is 0 Å². The fourth-order valence-corrected chi connectivity index (χ4v) is 5.13. The lowest BCUT2D eigenvalue weighted by molar-refractivity contribution is -0.127. The SMILES string of the molecule is CC1CCN(CC(=O)N[C@@]2(C)[C@H]3CC[C@H](C3)C2(C)C)CC1. The number of hydrogen-bond donors (Lipinski definition) is 1. The number of nitrogens with one attached hydrogen (secondary N) is 1. The second kappa shape index (κ2) is 5.26. The molecule has 0 aromatic heterocycles. The maximum Gasteiger partial charge on any atom is 0.234 e. The first-order valence-electron chi connectivity index (χ1n) is 8.86. The molecule has 0 radical (unpaired) electrons. The van der Waals surface area contributed by atoms with Gasteiger partial charge in [0.1, 0.15) is 0 Å². The maximum absolute atomic E-state index is 12.6. The molecule has 3 atom stereocenters. The number of likely N-dealkylation sites (tertiary alicyclic amines) is 1. The highest BCUT2D eigenvalue weighted by Gasteiger charge is 2.60. The minimum atomic E-state index is -0.00389. The summed E-state index contributed by atoms with van der Waals surface area (Å²) in [5.41, 5.74) is 0.234. The molecule has 1 heterocycles. The summed E-state index contributed by atoms with van der Waals surface area (Å²) in [5, 5.41) is 3.45. The van der Waals surface area contributed by atoms with Gasteiger partial charge in [-0.05, 0) is 75.3 Å². The number of fused-ring (bicyclic) bond motifs is 2. The van der Waals surface area contributed by atoms with E-state index in [1.807, 2.05) is 0 Å². The van der Waals surface area contributed by atoms with Crippen molar-refractivity contribution in [3.8, 4) is 0 Å². The van der Waals surface area contributed by atoms with E-state index >= 15 is 0 Å². The Morgan fingerprint density at radius 1 is 1.10 bits per heavy atom. The van der Waals surface area contributed by atoms with Gasteiger partial charge in [-0.3, -0.25) is 9.69 Å². The molecule has 21 heavy (non-hydrogen) atoms. The van der Waals surface area contributed by atoms with Crippen LogP contribution in [0, 0.1) is 23.2 Å². The fraction of sp³-hybridized carbons (Fsp3) is 0.944. The number of rotatable bonds is 3. The third kappa shape index (κ3) is 2.52. The molecule has 0 unspecified atom stereocenters. The highest BCUT2D eigenvalue weighted by molar-refractivity contribution is 5.79. The van der Waals surface area contributed by atoms with Crippen LogP contribution >= 0.6 is 0 Å². The molecule has 3 aliphatic rings. The largest absolute Gasteiger partial charge is 0.349 e. The van der Waals surface area contributed by atoms with Gasteiger partial charge in [0.05, 0.1) is 6.54 Å². The summed E-state index contributed by atoms with van der Waals surface area (Å²) >= 11 is 0. The molecular weight excluding hydrogens is 260 g/mol. The summed E-state index contributed by atoms with van der Waals surface area (Å²) in [6.45, 7) is 12.1. The standard InChI is InChI=1S/C18H32N2O/c1-13-7-9-20(10-8-13)12-16(21)19-18(4)15-6-5-14(11-15)17(18,2)3/h13-15H,5-12H2,1-4H3,(H,19,21)/t14-,15+,18+/m1/s1. The van der Waals surface area contributed by atoms with Crippen molar-refractivity contribution in [3.63, 3.8) is 0 Å². The highest BCUT2D eigenvalue weighted by atomic mass is 16.2. The Bertz CT molecular complexity index is 411. The molecule has 3 heteroatoms. The summed E-state index contributed by atoms with van der Waals surface area (Å²) in [6.07, 6.45) is 6.44. The van der Waals surface area contributed by atoms with Crippen molar-refractivity contribution in [2.75, 3.05) is 19.6 Å². The van der Waals surface area contributed by atoms with Gasteiger partial charge in [0.25, 0.3) is 0 Å². The topological polar surface area (TPSA) is 32.3 Å². The predicted octanol–water partition coefficient (Wildman–Crippen LogP) is 3.05. The van der Waals surface area contributed by atoms with E-state index in [0.29, 0.717) is 12.5 Å². The summed E-state index contributed by atoms with van der Waals surface area (Å²) in [5.74, 6) is 2.55. The minimum Gasteiger partial charge on any atom is -0.349 e. The average Bonchev–Trinajstić information content (AvgIpc) is 2.96. The molecule has 2 saturated carbocycles. The van der Waals surface area contributed by atoms with Crippen molar-refractivity contribution < 1.29 is 4.79 Å². The van der Waals surface area contributed by atoms with E-state index in [9.17, 15) is 4.79 Å².